The molecule has 0 saturated heterocycles. The smallest absolute Gasteiger partial charge is 0.250 e. The maximum absolute atomic E-state index is 12.2. The summed E-state index contributed by atoms with van der Waals surface area (Å²) in [6.45, 7) is 0. The minimum absolute atomic E-state index is 0.133. The average molecular weight is 488 g/mol. The Morgan fingerprint density at radius 3 is 2.45 bits per heavy atom. The van der Waals surface area contributed by atoms with Gasteiger partial charge in [0.25, 0.3) is 5.91 Å². The van der Waals surface area contributed by atoms with Crippen molar-refractivity contribution in [1.29, 1.82) is 0 Å². The summed E-state index contributed by atoms with van der Waals surface area (Å²) in [7, 11) is 0. The van der Waals surface area contributed by atoms with Crippen molar-refractivity contribution in [2.24, 2.45) is 5.10 Å². The lowest BCUT2D eigenvalue weighted by Gasteiger charge is -2.10. The number of carbonyl (C=O) groups excluding carboxylic acids is 1. The second kappa shape index (κ2) is 10.1. The summed E-state index contributed by atoms with van der Waals surface area (Å²) < 4.78 is 1.88. The van der Waals surface area contributed by atoms with E-state index in [1.807, 2.05) is 46.3 Å². The van der Waals surface area contributed by atoms with Crippen LogP contribution in [0.15, 0.2) is 76.3 Å². The molecule has 0 unspecified atom stereocenters. The van der Waals surface area contributed by atoms with E-state index in [2.05, 4.69) is 20.7 Å². The fraction of sp³-hybridized carbons (Fsp3) is 0.0476. The van der Waals surface area contributed by atoms with Crippen LogP contribution < -0.4 is 5.43 Å². The van der Waals surface area contributed by atoms with Crippen LogP contribution in [-0.4, -0.2) is 32.6 Å². The first kappa shape index (κ1) is 21.6. The Bertz CT molecular complexity index is 1190. The van der Waals surface area contributed by atoms with Crippen molar-refractivity contribution in [1.82, 2.24) is 20.2 Å². The molecule has 4 aromatic rings. The fourth-order valence-corrected chi connectivity index (χ4v) is 4.25. The van der Waals surface area contributed by atoms with Crippen molar-refractivity contribution in [2.45, 2.75) is 5.16 Å². The molecule has 0 spiro atoms. The normalized spacial score (nSPS) is 11.2. The summed E-state index contributed by atoms with van der Waals surface area (Å²) in [5, 5.41) is 16.4. The van der Waals surface area contributed by atoms with Crippen LogP contribution in [0.4, 0.5) is 0 Å². The number of nitrogens with one attached hydrogen (secondary N) is 1. The Kier molecular flexibility index (Phi) is 7.03. The summed E-state index contributed by atoms with van der Waals surface area (Å²) in [6, 6.07) is 18.5. The van der Waals surface area contributed by atoms with Gasteiger partial charge >= 0.3 is 0 Å². The molecule has 0 fully saturated rings. The molecular formula is C21H15Cl2N5OS2. The Morgan fingerprint density at radius 1 is 1.06 bits per heavy atom. The summed E-state index contributed by atoms with van der Waals surface area (Å²) in [4.78, 5) is 13.2. The van der Waals surface area contributed by atoms with Gasteiger partial charge in [0, 0.05) is 26.2 Å². The maximum Gasteiger partial charge on any atom is 0.250 e. The molecule has 10 heteroatoms. The van der Waals surface area contributed by atoms with E-state index in [4.69, 9.17) is 23.2 Å². The first-order valence-electron chi connectivity index (χ1n) is 9.05. The zero-order valence-corrected chi connectivity index (χ0v) is 19.0. The van der Waals surface area contributed by atoms with Gasteiger partial charge in [-0.25, -0.2) is 5.43 Å². The number of thiophene rings is 1. The third kappa shape index (κ3) is 5.54. The summed E-state index contributed by atoms with van der Waals surface area (Å²) in [5.41, 5.74) is 4.21. The van der Waals surface area contributed by atoms with E-state index in [0.29, 0.717) is 21.0 Å². The van der Waals surface area contributed by atoms with Gasteiger partial charge in [0.05, 0.1) is 12.0 Å². The second-order valence-electron chi connectivity index (χ2n) is 6.22. The van der Waals surface area contributed by atoms with Gasteiger partial charge in [-0.1, -0.05) is 41.0 Å². The minimum Gasteiger partial charge on any atom is -0.272 e. The van der Waals surface area contributed by atoms with Crippen LogP contribution in [0.5, 0.6) is 0 Å². The van der Waals surface area contributed by atoms with Crippen LogP contribution in [0.1, 0.15) is 4.88 Å². The Labute approximate surface area is 196 Å². The molecule has 0 saturated carbocycles. The third-order valence-electron chi connectivity index (χ3n) is 4.08. The largest absolute Gasteiger partial charge is 0.272 e. The average Bonchev–Trinajstić information content (AvgIpc) is 3.43. The van der Waals surface area contributed by atoms with Crippen molar-refractivity contribution < 1.29 is 4.79 Å². The predicted molar refractivity (Wildman–Crippen MR) is 128 cm³/mol. The van der Waals surface area contributed by atoms with E-state index in [-0.39, 0.29) is 11.7 Å². The van der Waals surface area contributed by atoms with Gasteiger partial charge in [-0.05, 0) is 60.0 Å². The van der Waals surface area contributed by atoms with E-state index in [1.165, 1.54) is 11.8 Å². The molecule has 1 amide bonds. The number of rotatable bonds is 7. The number of amides is 1. The second-order valence-corrected chi connectivity index (χ2v) is 9.02. The number of halogens is 2. The number of carbonyl (C=O) groups is 1. The van der Waals surface area contributed by atoms with Crippen LogP contribution in [0.2, 0.25) is 10.0 Å². The monoisotopic (exact) mass is 487 g/mol. The van der Waals surface area contributed by atoms with E-state index in [0.717, 1.165) is 16.1 Å². The number of hydrazone groups is 1. The van der Waals surface area contributed by atoms with Crippen molar-refractivity contribution in [3.05, 3.63) is 81.0 Å². The van der Waals surface area contributed by atoms with E-state index in [9.17, 15) is 4.79 Å². The molecule has 1 N–H and O–H groups in total. The number of aromatic nitrogens is 3. The van der Waals surface area contributed by atoms with Crippen LogP contribution in [0, 0.1) is 0 Å². The molecule has 0 aliphatic rings. The Hall–Kier alpha value is -2.65. The molecule has 4 rings (SSSR count). The number of nitrogens with zero attached hydrogens (tertiary/aromatic N) is 4. The van der Waals surface area contributed by atoms with Crippen molar-refractivity contribution in [3.8, 4) is 17.1 Å². The molecule has 0 radical (unpaired) electrons. The highest BCUT2D eigenvalue weighted by atomic mass is 35.5. The highest BCUT2D eigenvalue weighted by molar-refractivity contribution is 7.99. The van der Waals surface area contributed by atoms with Crippen molar-refractivity contribution >= 4 is 58.4 Å². The highest BCUT2D eigenvalue weighted by Gasteiger charge is 2.17. The van der Waals surface area contributed by atoms with Crippen molar-refractivity contribution in [3.63, 3.8) is 0 Å². The minimum atomic E-state index is -0.239. The molecule has 0 aliphatic heterocycles. The molecular weight excluding hydrogens is 473 g/mol. The number of hydrogen-bond acceptors (Lipinski definition) is 6. The molecule has 31 heavy (non-hydrogen) atoms. The Morgan fingerprint density at radius 2 is 1.77 bits per heavy atom. The van der Waals surface area contributed by atoms with E-state index < -0.39 is 0 Å². The fourth-order valence-electron chi connectivity index (χ4n) is 2.67. The van der Waals surface area contributed by atoms with Crippen molar-refractivity contribution in [2.75, 3.05) is 5.75 Å². The molecule has 0 atom stereocenters. The molecule has 2 aromatic carbocycles. The number of benzene rings is 2. The van der Waals surface area contributed by atoms with Crippen LogP contribution >= 0.6 is 46.3 Å². The molecule has 2 heterocycles. The number of hydrogen-bond donors (Lipinski definition) is 1. The SMILES string of the molecule is O=C(CSc1nnc(-c2ccc(Cl)cc2)n1-c1ccc(Cl)cc1)N/N=C/c1cccs1. The Balaban J connectivity index is 1.54. The van der Waals surface area contributed by atoms with Crippen LogP contribution in [0.25, 0.3) is 17.1 Å². The molecule has 2 aromatic heterocycles. The first-order valence-corrected chi connectivity index (χ1v) is 11.7. The van der Waals surface area contributed by atoms with Crippen LogP contribution in [0.3, 0.4) is 0 Å². The van der Waals surface area contributed by atoms with Gasteiger partial charge in [0.15, 0.2) is 11.0 Å². The van der Waals surface area contributed by atoms with Crippen LogP contribution in [-0.2, 0) is 4.79 Å². The van der Waals surface area contributed by atoms with E-state index >= 15 is 0 Å². The van der Waals surface area contributed by atoms with Gasteiger partial charge in [0.2, 0.25) is 0 Å². The quantitative estimate of drug-likeness (QED) is 0.211. The predicted octanol–water partition coefficient (Wildman–Crippen LogP) is 5.55. The lowest BCUT2D eigenvalue weighted by atomic mass is 10.2. The maximum atomic E-state index is 12.2. The molecule has 156 valence electrons. The molecule has 0 aliphatic carbocycles. The first-order chi connectivity index (χ1) is 15.1. The lowest BCUT2D eigenvalue weighted by Crippen LogP contribution is -2.19. The summed E-state index contributed by atoms with van der Waals surface area (Å²) >= 11 is 14.9. The molecule has 6 nitrogen and oxygen atoms in total. The highest BCUT2D eigenvalue weighted by Crippen LogP contribution is 2.29. The topological polar surface area (TPSA) is 72.2 Å². The number of thioether (sulfide) groups is 1. The zero-order valence-electron chi connectivity index (χ0n) is 15.9. The third-order valence-corrected chi connectivity index (χ3v) is 6.32. The van der Waals surface area contributed by atoms with Gasteiger partial charge in [0.1, 0.15) is 0 Å². The van der Waals surface area contributed by atoms with Gasteiger partial charge in [-0.3, -0.25) is 9.36 Å². The summed E-state index contributed by atoms with van der Waals surface area (Å²) in [5.74, 6) is 0.530. The molecule has 0 bridgehead atoms. The van der Waals surface area contributed by atoms with Gasteiger partial charge in [-0.15, -0.1) is 21.5 Å². The van der Waals surface area contributed by atoms with Gasteiger partial charge in [-0.2, -0.15) is 5.10 Å². The van der Waals surface area contributed by atoms with Gasteiger partial charge < -0.3 is 0 Å². The lowest BCUT2D eigenvalue weighted by molar-refractivity contribution is -0.118. The van der Waals surface area contributed by atoms with E-state index in [1.54, 1.807) is 41.8 Å². The summed E-state index contributed by atoms with van der Waals surface area (Å²) in [6.07, 6.45) is 1.61. The standard InChI is InChI=1S/C21H15Cl2N5OS2/c22-15-5-3-14(4-6-15)20-26-27-21(28(20)17-9-7-16(23)8-10-17)31-13-19(29)25-24-12-18-2-1-11-30-18/h1-12H,13H2,(H,25,29)/b24-12+. The zero-order chi connectivity index (χ0) is 21.6.